The Morgan fingerprint density at radius 1 is 1.29 bits per heavy atom. The number of hydrogen-bond acceptors (Lipinski definition) is 2. The number of nitrogens with two attached hydrogens (primary N) is 1. The van der Waals surface area contributed by atoms with E-state index in [9.17, 15) is 0 Å². The molecule has 2 N–H and O–H groups in total. The van der Waals surface area contributed by atoms with Crippen LogP contribution in [0.5, 0.6) is 0 Å². The van der Waals surface area contributed by atoms with E-state index in [-0.39, 0.29) is 0 Å². The molecule has 0 saturated carbocycles. The van der Waals surface area contributed by atoms with Crippen molar-refractivity contribution in [3.8, 4) is 0 Å². The Kier molecular flexibility index (Phi) is 2.57. The van der Waals surface area contributed by atoms with Crippen LogP contribution in [0.15, 0.2) is 18.2 Å². The van der Waals surface area contributed by atoms with Gasteiger partial charge in [0.2, 0.25) is 0 Å². The van der Waals surface area contributed by atoms with Crippen molar-refractivity contribution >= 4 is 21.4 Å². The van der Waals surface area contributed by atoms with Crippen LogP contribution in [0.3, 0.4) is 0 Å². The lowest BCUT2D eigenvalue weighted by Gasteiger charge is -1.99. The molecule has 0 amide bonds. The zero-order valence-corrected chi connectivity index (χ0v) is 9.45. The fourth-order valence-corrected chi connectivity index (χ4v) is 3.06. The van der Waals surface area contributed by atoms with Crippen molar-refractivity contribution in [3.63, 3.8) is 0 Å². The van der Waals surface area contributed by atoms with Crippen molar-refractivity contribution in [2.24, 2.45) is 5.73 Å². The van der Waals surface area contributed by atoms with Crippen molar-refractivity contribution in [3.05, 3.63) is 34.2 Å². The van der Waals surface area contributed by atoms with Crippen LogP contribution in [0.1, 0.15) is 16.0 Å². The largest absolute Gasteiger partial charge is 0.330 e. The third-order valence-electron chi connectivity index (χ3n) is 2.61. The molecule has 0 bridgehead atoms. The van der Waals surface area contributed by atoms with Crippen molar-refractivity contribution < 1.29 is 0 Å². The fraction of sp³-hybridized carbons (Fsp3) is 0.333. The molecule has 0 saturated heterocycles. The minimum Gasteiger partial charge on any atom is -0.330 e. The summed E-state index contributed by atoms with van der Waals surface area (Å²) in [6, 6.07) is 6.51. The number of hydrogen-bond donors (Lipinski definition) is 1. The van der Waals surface area contributed by atoms with E-state index in [0.29, 0.717) is 0 Å². The normalized spacial score (nSPS) is 11.1. The Morgan fingerprint density at radius 3 is 2.79 bits per heavy atom. The summed E-state index contributed by atoms with van der Waals surface area (Å²) in [4.78, 5) is 1.42. The molecule has 0 aliphatic carbocycles. The van der Waals surface area contributed by atoms with Gasteiger partial charge in [0.05, 0.1) is 0 Å². The van der Waals surface area contributed by atoms with Gasteiger partial charge in [0.25, 0.3) is 0 Å². The summed E-state index contributed by atoms with van der Waals surface area (Å²) in [6.07, 6.45) is 0.995. The van der Waals surface area contributed by atoms with Crippen molar-refractivity contribution in [2.75, 3.05) is 6.54 Å². The molecular formula is C12H15NS. The summed E-state index contributed by atoms with van der Waals surface area (Å²) in [5.41, 5.74) is 8.44. The number of rotatable bonds is 2. The van der Waals surface area contributed by atoms with Crippen LogP contribution in [0.4, 0.5) is 0 Å². The number of benzene rings is 1. The van der Waals surface area contributed by atoms with Gasteiger partial charge in [-0.1, -0.05) is 18.2 Å². The molecule has 1 aromatic heterocycles. The SMILES string of the molecule is Cc1sc2c(C)cccc2c1CCN. The molecule has 74 valence electrons. The maximum atomic E-state index is 5.62. The average Bonchev–Trinajstić information content (AvgIpc) is 2.47. The minimum atomic E-state index is 0.737. The number of aryl methyl sites for hydroxylation is 2. The summed E-state index contributed by atoms with van der Waals surface area (Å²) >= 11 is 1.89. The summed E-state index contributed by atoms with van der Waals surface area (Å²) in [7, 11) is 0. The standard InChI is InChI=1S/C12H15NS/c1-8-4-3-5-11-10(6-7-13)9(2)14-12(8)11/h3-5H,6-7,13H2,1-2H3. The molecule has 0 fully saturated rings. The Bertz CT molecular complexity index is 457. The zero-order valence-electron chi connectivity index (χ0n) is 8.63. The van der Waals surface area contributed by atoms with Gasteiger partial charge in [-0.05, 0) is 43.3 Å². The molecule has 1 aromatic carbocycles. The molecule has 14 heavy (non-hydrogen) atoms. The Balaban J connectivity index is 2.70. The molecule has 1 nitrogen and oxygen atoms in total. The Hall–Kier alpha value is -0.860. The maximum Gasteiger partial charge on any atom is 0.0377 e. The predicted molar refractivity (Wildman–Crippen MR) is 64.1 cm³/mol. The highest BCUT2D eigenvalue weighted by molar-refractivity contribution is 7.19. The lowest BCUT2D eigenvalue weighted by molar-refractivity contribution is 0.974. The van der Waals surface area contributed by atoms with Gasteiger partial charge in [-0.15, -0.1) is 11.3 Å². The molecule has 2 heteroatoms. The first-order valence-corrected chi connectivity index (χ1v) is 5.73. The fourth-order valence-electron chi connectivity index (χ4n) is 1.88. The molecule has 1 heterocycles. The van der Waals surface area contributed by atoms with Crippen LogP contribution >= 0.6 is 11.3 Å². The first-order valence-electron chi connectivity index (χ1n) is 4.91. The summed E-state index contributed by atoms with van der Waals surface area (Å²) in [5, 5.41) is 1.40. The van der Waals surface area contributed by atoms with Crippen molar-refractivity contribution in [2.45, 2.75) is 20.3 Å². The molecule has 0 aliphatic rings. The molecule has 0 atom stereocenters. The smallest absolute Gasteiger partial charge is 0.0377 e. The molecule has 0 aliphatic heterocycles. The van der Waals surface area contributed by atoms with Crippen LogP contribution in [0.25, 0.3) is 10.1 Å². The van der Waals surface area contributed by atoms with Crippen LogP contribution < -0.4 is 5.73 Å². The second-order valence-corrected chi connectivity index (χ2v) is 4.85. The van der Waals surface area contributed by atoms with Gasteiger partial charge >= 0.3 is 0 Å². The quantitative estimate of drug-likeness (QED) is 0.801. The molecule has 2 aromatic rings. The highest BCUT2D eigenvalue weighted by atomic mass is 32.1. The topological polar surface area (TPSA) is 26.0 Å². The van der Waals surface area contributed by atoms with E-state index in [1.807, 2.05) is 11.3 Å². The minimum absolute atomic E-state index is 0.737. The lowest BCUT2D eigenvalue weighted by Crippen LogP contribution is -2.02. The molecular weight excluding hydrogens is 190 g/mol. The van der Waals surface area contributed by atoms with Gasteiger partial charge in [-0.3, -0.25) is 0 Å². The van der Waals surface area contributed by atoms with Crippen LogP contribution in [0.2, 0.25) is 0 Å². The van der Waals surface area contributed by atoms with Gasteiger partial charge in [0.1, 0.15) is 0 Å². The van der Waals surface area contributed by atoms with Crippen molar-refractivity contribution in [1.29, 1.82) is 0 Å². The van der Waals surface area contributed by atoms with Gasteiger partial charge in [0, 0.05) is 9.58 Å². The summed E-state index contributed by atoms with van der Waals surface area (Å²) in [6.45, 7) is 5.10. The van der Waals surface area contributed by atoms with E-state index in [0.717, 1.165) is 13.0 Å². The van der Waals surface area contributed by atoms with E-state index >= 15 is 0 Å². The third-order valence-corrected chi connectivity index (χ3v) is 3.91. The van der Waals surface area contributed by atoms with E-state index < -0.39 is 0 Å². The zero-order chi connectivity index (χ0) is 10.1. The second kappa shape index (κ2) is 3.71. The molecule has 0 spiro atoms. The third kappa shape index (κ3) is 1.45. The molecule has 0 radical (unpaired) electrons. The first kappa shape index (κ1) is 9.69. The summed E-state index contributed by atoms with van der Waals surface area (Å²) in [5.74, 6) is 0. The highest BCUT2D eigenvalue weighted by Gasteiger charge is 2.08. The lowest BCUT2D eigenvalue weighted by atomic mass is 10.1. The van der Waals surface area contributed by atoms with E-state index in [1.165, 1.54) is 26.1 Å². The first-order chi connectivity index (χ1) is 6.74. The monoisotopic (exact) mass is 205 g/mol. The van der Waals surface area contributed by atoms with Gasteiger partial charge in [-0.2, -0.15) is 0 Å². The second-order valence-electron chi connectivity index (χ2n) is 3.63. The Labute approximate surface area is 88.6 Å². The highest BCUT2D eigenvalue weighted by Crippen LogP contribution is 2.32. The van der Waals surface area contributed by atoms with Crippen LogP contribution in [-0.4, -0.2) is 6.54 Å². The average molecular weight is 205 g/mol. The number of fused-ring (bicyclic) bond motifs is 1. The van der Waals surface area contributed by atoms with Crippen molar-refractivity contribution in [1.82, 2.24) is 0 Å². The number of thiophene rings is 1. The van der Waals surface area contributed by atoms with E-state index in [4.69, 9.17) is 5.73 Å². The predicted octanol–water partition coefficient (Wildman–Crippen LogP) is 3.02. The summed E-state index contributed by atoms with van der Waals surface area (Å²) < 4.78 is 1.42. The van der Waals surface area contributed by atoms with Crippen LogP contribution in [0, 0.1) is 13.8 Å². The van der Waals surface area contributed by atoms with E-state index in [1.54, 1.807) is 0 Å². The maximum absolute atomic E-state index is 5.62. The van der Waals surface area contributed by atoms with Gasteiger partial charge < -0.3 is 5.73 Å². The van der Waals surface area contributed by atoms with E-state index in [2.05, 4.69) is 32.0 Å². The molecule has 0 unspecified atom stereocenters. The van der Waals surface area contributed by atoms with Crippen LogP contribution in [-0.2, 0) is 6.42 Å². The van der Waals surface area contributed by atoms with Gasteiger partial charge in [-0.25, -0.2) is 0 Å². The Morgan fingerprint density at radius 2 is 2.07 bits per heavy atom. The van der Waals surface area contributed by atoms with Gasteiger partial charge in [0.15, 0.2) is 0 Å². The molecule has 2 rings (SSSR count).